The number of unbranched alkanes of at least 4 members (excludes halogenated alkanes) is 3. The summed E-state index contributed by atoms with van der Waals surface area (Å²) < 4.78 is 27.2. The summed E-state index contributed by atoms with van der Waals surface area (Å²) in [4.78, 5) is 0. The largest absolute Gasteiger partial charge is 0.494 e. The molecule has 0 amide bonds. The van der Waals surface area contributed by atoms with Gasteiger partial charge in [0.1, 0.15) is 5.75 Å². The van der Waals surface area contributed by atoms with Crippen LogP contribution in [0.15, 0.2) is 24.3 Å². The first-order chi connectivity index (χ1) is 9.38. The van der Waals surface area contributed by atoms with Crippen LogP contribution in [0.25, 0.3) is 0 Å². The summed E-state index contributed by atoms with van der Waals surface area (Å²) in [5.41, 5.74) is 1.27. The monoisotopic (exact) mass is 318 g/mol. The third-order valence-electron chi connectivity index (χ3n) is 3.08. The van der Waals surface area contributed by atoms with E-state index in [4.69, 9.17) is 15.4 Å². The molecular formula is C15H23ClO3S. The fourth-order valence-corrected chi connectivity index (χ4v) is 2.76. The Bertz CT molecular complexity index is 498. The third kappa shape index (κ3) is 7.75. The lowest BCUT2D eigenvalue weighted by atomic mass is 10.0. The van der Waals surface area contributed by atoms with Gasteiger partial charge in [-0.2, -0.15) is 0 Å². The molecule has 114 valence electrons. The second-order valence-electron chi connectivity index (χ2n) is 5.23. The third-order valence-corrected chi connectivity index (χ3v) is 4.32. The molecule has 0 radical (unpaired) electrons. The number of ether oxygens (including phenoxy) is 1. The first-order valence-electron chi connectivity index (χ1n) is 7.03. The van der Waals surface area contributed by atoms with E-state index in [2.05, 4.69) is 26.0 Å². The molecule has 5 heteroatoms. The predicted octanol–water partition coefficient (Wildman–Crippen LogP) is 4.32. The summed E-state index contributed by atoms with van der Waals surface area (Å²) in [6.07, 6.45) is 3.36. The van der Waals surface area contributed by atoms with Gasteiger partial charge in [-0.3, -0.25) is 0 Å². The Morgan fingerprint density at radius 1 is 1.15 bits per heavy atom. The normalized spacial score (nSPS) is 11.8. The van der Waals surface area contributed by atoms with Gasteiger partial charge in [-0.15, -0.1) is 0 Å². The van der Waals surface area contributed by atoms with Crippen molar-refractivity contribution in [2.75, 3.05) is 12.4 Å². The van der Waals surface area contributed by atoms with Crippen LogP contribution in [0, 0.1) is 0 Å². The average molecular weight is 319 g/mol. The Morgan fingerprint density at radius 3 is 2.50 bits per heavy atom. The molecule has 0 aliphatic carbocycles. The van der Waals surface area contributed by atoms with Gasteiger partial charge in [-0.1, -0.05) is 38.8 Å². The molecule has 0 aliphatic heterocycles. The fraction of sp³-hybridized carbons (Fsp3) is 0.600. The number of halogens is 1. The van der Waals surface area contributed by atoms with E-state index in [1.54, 1.807) is 0 Å². The summed E-state index contributed by atoms with van der Waals surface area (Å²) in [5.74, 6) is 1.46. The molecule has 0 N–H and O–H groups in total. The van der Waals surface area contributed by atoms with E-state index in [1.165, 1.54) is 5.56 Å². The van der Waals surface area contributed by atoms with Gasteiger partial charge < -0.3 is 4.74 Å². The minimum atomic E-state index is -3.33. The van der Waals surface area contributed by atoms with Crippen LogP contribution in [0.5, 0.6) is 5.75 Å². The first-order valence-corrected chi connectivity index (χ1v) is 9.51. The summed E-state index contributed by atoms with van der Waals surface area (Å²) in [7, 11) is 1.81. The zero-order valence-electron chi connectivity index (χ0n) is 12.1. The van der Waals surface area contributed by atoms with Gasteiger partial charge >= 0.3 is 0 Å². The molecule has 1 rings (SSSR count). The Morgan fingerprint density at radius 2 is 1.85 bits per heavy atom. The van der Waals surface area contributed by atoms with Gasteiger partial charge in [0.25, 0.3) is 0 Å². The van der Waals surface area contributed by atoms with Gasteiger partial charge in [0.05, 0.1) is 12.4 Å². The quantitative estimate of drug-likeness (QED) is 0.503. The molecule has 1 aromatic carbocycles. The Labute approximate surface area is 126 Å². The standard InChI is InChI=1S/C15H23ClO3S/c1-13(2)14-8-7-9-15(12-14)19-10-5-3-4-6-11-20(16,17)18/h7-9,12-13H,3-6,10-11H2,1-2H3. The van der Waals surface area contributed by atoms with Crippen molar-refractivity contribution < 1.29 is 13.2 Å². The predicted molar refractivity (Wildman–Crippen MR) is 84.1 cm³/mol. The van der Waals surface area contributed by atoms with Crippen LogP contribution in [0.1, 0.15) is 51.0 Å². The van der Waals surface area contributed by atoms with Crippen LogP contribution in [-0.2, 0) is 9.05 Å². The van der Waals surface area contributed by atoms with Gasteiger partial charge in [0.2, 0.25) is 9.05 Å². The van der Waals surface area contributed by atoms with Crippen LogP contribution >= 0.6 is 10.7 Å². The molecule has 1 aromatic rings. The molecule has 0 saturated heterocycles. The van der Waals surface area contributed by atoms with Crippen LogP contribution in [0.2, 0.25) is 0 Å². The highest BCUT2D eigenvalue weighted by atomic mass is 35.7. The van der Waals surface area contributed by atoms with Crippen molar-refractivity contribution in [1.82, 2.24) is 0 Å². The number of hydrogen-bond acceptors (Lipinski definition) is 3. The van der Waals surface area contributed by atoms with Gasteiger partial charge in [0, 0.05) is 10.7 Å². The molecule has 3 nitrogen and oxygen atoms in total. The maximum atomic E-state index is 10.7. The second-order valence-corrected chi connectivity index (χ2v) is 8.13. The Balaban J connectivity index is 2.17. The van der Waals surface area contributed by atoms with E-state index in [9.17, 15) is 8.42 Å². The van der Waals surface area contributed by atoms with Crippen molar-refractivity contribution in [3.8, 4) is 5.75 Å². The van der Waals surface area contributed by atoms with Gasteiger partial charge in [-0.05, 0) is 36.5 Å². The number of rotatable bonds is 9. The lowest BCUT2D eigenvalue weighted by Gasteiger charge is -2.09. The minimum Gasteiger partial charge on any atom is -0.494 e. The van der Waals surface area contributed by atoms with E-state index in [0.717, 1.165) is 25.0 Å². The van der Waals surface area contributed by atoms with Crippen LogP contribution < -0.4 is 4.74 Å². The van der Waals surface area contributed by atoms with E-state index in [0.29, 0.717) is 18.9 Å². The maximum Gasteiger partial charge on any atom is 0.232 e. The van der Waals surface area contributed by atoms with E-state index in [-0.39, 0.29) is 5.75 Å². The molecule has 0 aromatic heterocycles. The lowest BCUT2D eigenvalue weighted by Crippen LogP contribution is -2.00. The highest BCUT2D eigenvalue weighted by Gasteiger charge is 2.04. The average Bonchev–Trinajstić information content (AvgIpc) is 2.36. The molecule has 0 heterocycles. The second kappa shape index (κ2) is 8.53. The summed E-state index contributed by atoms with van der Waals surface area (Å²) >= 11 is 0. The summed E-state index contributed by atoms with van der Waals surface area (Å²) in [6.45, 7) is 4.98. The van der Waals surface area contributed by atoms with Crippen LogP contribution in [0.4, 0.5) is 0 Å². The Hall–Kier alpha value is -0.740. The van der Waals surface area contributed by atoms with Crippen molar-refractivity contribution in [2.24, 2.45) is 0 Å². The zero-order valence-corrected chi connectivity index (χ0v) is 13.7. The first kappa shape index (κ1) is 17.3. The molecule has 0 fully saturated rings. The lowest BCUT2D eigenvalue weighted by molar-refractivity contribution is 0.304. The number of hydrogen-bond donors (Lipinski definition) is 0. The van der Waals surface area contributed by atoms with Crippen molar-refractivity contribution in [1.29, 1.82) is 0 Å². The molecule has 0 saturated carbocycles. The topological polar surface area (TPSA) is 43.4 Å². The van der Waals surface area contributed by atoms with Crippen LogP contribution in [-0.4, -0.2) is 20.8 Å². The van der Waals surface area contributed by atoms with E-state index < -0.39 is 9.05 Å². The van der Waals surface area contributed by atoms with Gasteiger partial charge in [0.15, 0.2) is 0 Å². The molecule has 0 unspecified atom stereocenters. The maximum absolute atomic E-state index is 10.7. The highest BCUT2D eigenvalue weighted by molar-refractivity contribution is 8.13. The molecule has 0 atom stereocenters. The molecule has 20 heavy (non-hydrogen) atoms. The van der Waals surface area contributed by atoms with Crippen molar-refractivity contribution in [3.63, 3.8) is 0 Å². The van der Waals surface area contributed by atoms with Crippen molar-refractivity contribution in [2.45, 2.75) is 45.4 Å². The van der Waals surface area contributed by atoms with E-state index >= 15 is 0 Å². The number of benzene rings is 1. The molecule has 0 aliphatic rings. The Kier molecular flexibility index (Phi) is 7.38. The molecule has 0 bridgehead atoms. The SMILES string of the molecule is CC(C)c1cccc(OCCCCCCS(=O)(=O)Cl)c1. The smallest absolute Gasteiger partial charge is 0.232 e. The summed E-state index contributed by atoms with van der Waals surface area (Å²) in [6, 6.07) is 8.15. The molecular weight excluding hydrogens is 296 g/mol. The van der Waals surface area contributed by atoms with Crippen LogP contribution in [0.3, 0.4) is 0 Å². The summed E-state index contributed by atoms with van der Waals surface area (Å²) in [5, 5.41) is 0. The van der Waals surface area contributed by atoms with Crippen molar-refractivity contribution >= 4 is 19.7 Å². The zero-order chi connectivity index (χ0) is 15.0. The fourth-order valence-electron chi connectivity index (χ4n) is 1.88. The van der Waals surface area contributed by atoms with E-state index in [1.807, 2.05) is 12.1 Å². The molecule has 0 spiro atoms. The highest BCUT2D eigenvalue weighted by Crippen LogP contribution is 2.20. The van der Waals surface area contributed by atoms with Crippen molar-refractivity contribution in [3.05, 3.63) is 29.8 Å². The van der Waals surface area contributed by atoms with Gasteiger partial charge in [-0.25, -0.2) is 8.42 Å². The minimum absolute atomic E-state index is 0.0614.